The van der Waals surface area contributed by atoms with Crippen LogP contribution >= 0.6 is 0 Å². The van der Waals surface area contributed by atoms with Crippen LogP contribution in [0.15, 0.2) is 0 Å². The molecule has 1 saturated heterocycles. The maximum absolute atomic E-state index is 2.60. The van der Waals surface area contributed by atoms with E-state index in [2.05, 4.69) is 44.7 Å². The van der Waals surface area contributed by atoms with Crippen LogP contribution in [0.4, 0.5) is 0 Å². The molecule has 1 fully saturated rings. The van der Waals surface area contributed by atoms with Crippen molar-refractivity contribution in [3.8, 4) is 0 Å². The van der Waals surface area contributed by atoms with Crippen LogP contribution < -0.4 is 0 Å². The first-order valence-electron chi connectivity index (χ1n) is 5.93. The molecule has 0 spiro atoms. The van der Waals surface area contributed by atoms with E-state index in [1.54, 1.807) is 0 Å². The monoisotopic (exact) mass is 198 g/mol. The van der Waals surface area contributed by atoms with E-state index >= 15 is 0 Å². The Labute approximate surface area is 89.3 Å². The highest BCUT2D eigenvalue weighted by Crippen LogP contribution is 2.23. The fraction of sp³-hybridized carbons (Fsp3) is 1.00. The summed E-state index contributed by atoms with van der Waals surface area (Å²) in [7, 11) is 4.39. The second-order valence-electron chi connectivity index (χ2n) is 5.17. The van der Waals surface area contributed by atoms with Crippen LogP contribution in [-0.2, 0) is 0 Å². The van der Waals surface area contributed by atoms with Gasteiger partial charge in [-0.1, -0.05) is 0 Å². The Bertz CT molecular complexity index is 158. The lowest BCUT2D eigenvalue weighted by Gasteiger charge is -2.38. The summed E-state index contributed by atoms with van der Waals surface area (Å²) in [6, 6.07) is 1.47. The number of nitrogens with zero attached hydrogens (tertiary/aromatic N) is 2. The Morgan fingerprint density at radius 3 is 1.93 bits per heavy atom. The van der Waals surface area contributed by atoms with Crippen molar-refractivity contribution in [2.75, 3.05) is 27.2 Å². The first-order chi connectivity index (χ1) is 6.52. The van der Waals surface area contributed by atoms with Crippen molar-refractivity contribution in [1.29, 1.82) is 0 Å². The van der Waals surface area contributed by atoms with Crippen molar-refractivity contribution >= 4 is 0 Å². The molecule has 1 rings (SSSR count). The third kappa shape index (κ3) is 2.96. The van der Waals surface area contributed by atoms with Gasteiger partial charge in [-0.05, 0) is 66.7 Å². The standard InChI is InChI=1S/C12H26N2/c1-10(2)14-8-6-12(7-9-14)11(3)13(4)5/h10-12H,6-9H2,1-5H3/t11-/m0/s1. The van der Waals surface area contributed by atoms with Gasteiger partial charge in [0, 0.05) is 12.1 Å². The molecule has 2 heteroatoms. The fourth-order valence-corrected chi connectivity index (χ4v) is 2.34. The second-order valence-corrected chi connectivity index (χ2v) is 5.17. The normalized spacial score (nSPS) is 23.4. The van der Waals surface area contributed by atoms with E-state index in [0.717, 1.165) is 18.0 Å². The molecule has 0 unspecified atom stereocenters. The molecule has 1 heterocycles. The lowest BCUT2D eigenvalue weighted by molar-refractivity contribution is 0.106. The van der Waals surface area contributed by atoms with E-state index in [9.17, 15) is 0 Å². The largest absolute Gasteiger partial charge is 0.306 e. The predicted molar refractivity (Wildman–Crippen MR) is 62.6 cm³/mol. The molecule has 0 aromatic carbocycles. The molecule has 1 atom stereocenters. The first kappa shape index (κ1) is 12.0. The SMILES string of the molecule is CC(C)N1CCC([C@H](C)N(C)C)CC1. The minimum atomic E-state index is 0.727. The van der Waals surface area contributed by atoms with Crippen molar-refractivity contribution in [3.63, 3.8) is 0 Å². The van der Waals surface area contributed by atoms with Gasteiger partial charge >= 0.3 is 0 Å². The van der Waals surface area contributed by atoms with Crippen LogP contribution in [0, 0.1) is 5.92 Å². The van der Waals surface area contributed by atoms with Gasteiger partial charge in [-0.15, -0.1) is 0 Å². The Kier molecular flexibility index (Phi) is 4.39. The van der Waals surface area contributed by atoms with Gasteiger partial charge in [0.15, 0.2) is 0 Å². The summed E-state index contributed by atoms with van der Waals surface area (Å²) in [6.45, 7) is 9.54. The molecule has 0 N–H and O–H groups in total. The Balaban J connectivity index is 2.35. The molecule has 84 valence electrons. The third-order valence-corrected chi connectivity index (χ3v) is 3.80. The Morgan fingerprint density at radius 2 is 1.57 bits per heavy atom. The van der Waals surface area contributed by atoms with Gasteiger partial charge in [0.1, 0.15) is 0 Å². The van der Waals surface area contributed by atoms with Gasteiger partial charge in [0.05, 0.1) is 0 Å². The van der Waals surface area contributed by atoms with Gasteiger partial charge in [0.25, 0.3) is 0 Å². The molecule has 0 aromatic heterocycles. The van der Waals surface area contributed by atoms with E-state index < -0.39 is 0 Å². The van der Waals surface area contributed by atoms with Crippen molar-refractivity contribution in [3.05, 3.63) is 0 Å². The minimum Gasteiger partial charge on any atom is -0.306 e. The lowest BCUT2D eigenvalue weighted by Crippen LogP contribution is -2.43. The molecular weight excluding hydrogens is 172 g/mol. The zero-order valence-electron chi connectivity index (χ0n) is 10.5. The highest BCUT2D eigenvalue weighted by Gasteiger charge is 2.25. The summed E-state index contributed by atoms with van der Waals surface area (Å²) in [5.74, 6) is 0.903. The van der Waals surface area contributed by atoms with Crippen LogP contribution in [0.1, 0.15) is 33.6 Å². The first-order valence-corrected chi connectivity index (χ1v) is 5.93. The highest BCUT2D eigenvalue weighted by molar-refractivity contribution is 4.80. The van der Waals surface area contributed by atoms with Gasteiger partial charge < -0.3 is 9.80 Å². The maximum Gasteiger partial charge on any atom is 0.00900 e. The molecule has 0 amide bonds. The Hall–Kier alpha value is -0.0800. The maximum atomic E-state index is 2.60. The Morgan fingerprint density at radius 1 is 1.07 bits per heavy atom. The van der Waals surface area contributed by atoms with Crippen LogP contribution in [0.5, 0.6) is 0 Å². The van der Waals surface area contributed by atoms with Gasteiger partial charge in [-0.25, -0.2) is 0 Å². The number of rotatable bonds is 3. The molecule has 0 aromatic rings. The molecule has 14 heavy (non-hydrogen) atoms. The zero-order chi connectivity index (χ0) is 10.7. The number of hydrogen-bond donors (Lipinski definition) is 0. The topological polar surface area (TPSA) is 6.48 Å². The van der Waals surface area contributed by atoms with Crippen LogP contribution in [0.25, 0.3) is 0 Å². The van der Waals surface area contributed by atoms with Crippen molar-refractivity contribution < 1.29 is 0 Å². The molecule has 1 aliphatic heterocycles. The van der Waals surface area contributed by atoms with Crippen LogP contribution in [0.2, 0.25) is 0 Å². The molecule has 0 saturated carbocycles. The number of hydrogen-bond acceptors (Lipinski definition) is 2. The van der Waals surface area contributed by atoms with Crippen LogP contribution in [-0.4, -0.2) is 49.1 Å². The average molecular weight is 198 g/mol. The van der Waals surface area contributed by atoms with E-state index in [0.29, 0.717) is 0 Å². The van der Waals surface area contributed by atoms with Crippen LogP contribution in [0.3, 0.4) is 0 Å². The highest BCUT2D eigenvalue weighted by atomic mass is 15.2. The van der Waals surface area contributed by atoms with Crippen molar-refractivity contribution in [2.45, 2.75) is 45.7 Å². The summed E-state index contributed by atoms with van der Waals surface area (Å²) >= 11 is 0. The summed E-state index contributed by atoms with van der Waals surface area (Å²) < 4.78 is 0. The van der Waals surface area contributed by atoms with E-state index in [4.69, 9.17) is 0 Å². The smallest absolute Gasteiger partial charge is 0.00900 e. The summed E-state index contributed by atoms with van der Waals surface area (Å²) in [4.78, 5) is 4.95. The molecule has 2 nitrogen and oxygen atoms in total. The molecule has 0 aliphatic carbocycles. The van der Waals surface area contributed by atoms with Gasteiger partial charge in [0.2, 0.25) is 0 Å². The average Bonchev–Trinajstić information content (AvgIpc) is 2.16. The fourth-order valence-electron chi connectivity index (χ4n) is 2.34. The molecule has 0 radical (unpaired) electrons. The summed E-state index contributed by atoms with van der Waals surface area (Å²) in [5, 5.41) is 0. The summed E-state index contributed by atoms with van der Waals surface area (Å²) in [5.41, 5.74) is 0. The number of piperidine rings is 1. The lowest BCUT2D eigenvalue weighted by atomic mass is 9.89. The second kappa shape index (κ2) is 5.13. The zero-order valence-corrected chi connectivity index (χ0v) is 10.5. The van der Waals surface area contributed by atoms with E-state index in [1.807, 2.05) is 0 Å². The molecule has 0 bridgehead atoms. The number of likely N-dealkylation sites (tertiary alicyclic amines) is 1. The van der Waals surface area contributed by atoms with Gasteiger partial charge in [-0.3, -0.25) is 0 Å². The molecule has 1 aliphatic rings. The summed E-state index contributed by atoms with van der Waals surface area (Å²) in [6.07, 6.45) is 2.75. The van der Waals surface area contributed by atoms with E-state index in [-0.39, 0.29) is 0 Å². The quantitative estimate of drug-likeness (QED) is 0.685. The van der Waals surface area contributed by atoms with Crippen molar-refractivity contribution in [1.82, 2.24) is 9.80 Å². The third-order valence-electron chi connectivity index (χ3n) is 3.80. The van der Waals surface area contributed by atoms with Gasteiger partial charge in [-0.2, -0.15) is 0 Å². The predicted octanol–water partition coefficient (Wildman–Crippen LogP) is 2.06. The minimum absolute atomic E-state index is 0.727. The molecular formula is C12H26N2. The van der Waals surface area contributed by atoms with E-state index in [1.165, 1.54) is 25.9 Å². The van der Waals surface area contributed by atoms with Crippen molar-refractivity contribution in [2.24, 2.45) is 5.92 Å².